The Morgan fingerprint density at radius 2 is 2.42 bits per heavy atom. The summed E-state index contributed by atoms with van der Waals surface area (Å²) < 4.78 is 9.33. The zero-order valence-electron chi connectivity index (χ0n) is 7.03. The molecular formula is C9H10O3. The van der Waals surface area contributed by atoms with E-state index < -0.39 is 0 Å². The molecule has 0 aliphatic heterocycles. The van der Waals surface area contributed by atoms with Gasteiger partial charge in [0, 0.05) is 11.6 Å². The number of esters is 1. The summed E-state index contributed by atoms with van der Waals surface area (Å²) in [6.45, 7) is 1.82. The highest BCUT2D eigenvalue weighted by atomic mass is 16.5. The van der Waals surface area contributed by atoms with Crippen molar-refractivity contribution in [3.63, 3.8) is 0 Å². The normalized spacial score (nSPS) is 11.3. The number of rotatable bonds is 2. The van der Waals surface area contributed by atoms with Gasteiger partial charge in [0.1, 0.15) is 0 Å². The molecule has 3 nitrogen and oxygen atoms in total. The summed E-state index contributed by atoms with van der Waals surface area (Å²) >= 11 is 0. The van der Waals surface area contributed by atoms with E-state index in [0.717, 1.165) is 11.1 Å². The van der Waals surface area contributed by atoms with Crippen LogP contribution < -0.4 is 0 Å². The molecule has 0 aromatic carbocycles. The first-order valence-corrected chi connectivity index (χ1v) is 3.53. The van der Waals surface area contributed by atoms with Crippen LogP contribution >= 0.6 is 0 Å². The van der Waals surface area contributed by atoms with Crippen LogP contribution in [0, 0.1) is 0 Å². The van der Waals surface area contributed by atoms with Crippen molar-refractivity contribution in [1.82, 2.24) is 0 Å². The number of ether oxygens (including phenoxy) is 1. The first-order chi connectivity index (χ1) is 5.74. The average Bonchev–Trinajstić information content (AvgIpc) is 2.56. The Labute approximate surface area is 70.6 Å². The van der Waals surface area contributed by atoms with E-state index in [1.165, 1.54) is 13.2 Å². The minimum absolute atomic E-state index is 0.353. The minimum Gasteiger partial charge on any atom is -0.472 e. The lowest BCUT2D eigenvalue weighted by atomic mass is 10.1. The maximum atomic E-state index is 10.8. The number of carbonyl (C=O) groups excluding carboxylic acids is 1. The zero-order chi connectivity index (χ0) is 8.97. The van der Waals surface area contributed by atoms with E-state index in [1.807, 2.05) is 6.92 Å². The van der Waals surface area contributed by atoms with E-state index in [0.29, 0.717) is 0 Å². The van der Waals surface area contributed by atoms with Gasteiger partial charge in [-0.05, 0) is 18.6 Å². The molecule has 0 aliphatic carbocycles. The topological polar surface area (TPSA) is 39.4 Å². The molecule has 0 radical (unpaired) electrons. The van der Waals surface area contributed by atoms with Crippen LogP contribution in [0.25, 0.3) is 5.57 Å². The summed E-state index contributed by atoms with van der Waals surface area (Å²) in [6.07, 6.45) is 4.56. The molecule has 0 fully saturated rings. The summed E-state index contributed by atoms with van der Waals surface area (Å²) in [5, 5.41) is 0. The summed E-state index contributed by atoms with van der Waals surface area (Å²) in [5.41, 5.74) is 1.72. The highest BCUT2D eigenvalue weighted by Gasteiger charge is 1.99. The van der Waals surface area contributed by atoms with Crippen molar-refractivity contribution < 1.29 is 13.9 Å². The number of methoxy groups -OCH3 is 1. The second-order valence-electron chi connectivity index (χ2n) is 2.36. The molecule has 0 spiro atoms. The van der Waals surface area contributed by atoms with Gasteiger partial charge in [-0.25, -0.2) is 4.79 Å². The summed E-state index contributed by atoms with van der Waals surface area (Å²) in [6, 6.07) is 1.79. The molecule has 64 valence electrons. The number of hydrogen-bond acceptors (Lipinski definition) is 3. The fourth-order valence-corrected chi connectivity index (χ4v) is 0.808. The van der Waals surface area contributed by atoms with Crippen LogP contribution in [0.4, 0.5) is 0 Å². The van der Waals surface area contributed by atoms with Crippen LogP contribution in [0.15, 0.2) is 29.1 Å². The number of carbonyl (C=O) groups is 1. The van der Waals surface area contributed by atoms with Crippen molar-refractivity contribution >= 4 is 11.5 Å². The second-order valence-corrected chi connectivity index (χ2v) is 2.36. The molecule has 1 rings (SSSR count). The maximum absolute atomic E-state index is 10.8. The summed E-state index contributed by atoms with van der Waals surface area (Å²) in [4.78, 5) is 10.8. The fraction of sp³-hybridized carbons (Fsp3) is 0.222. The third kappa shape index (κ3) is 1.99. The standard InChI is InChI=1S/C9H10O3/c1-7(5-9(10)11-2)8-3-4-12-6-8/h3-6H,1-2H3. The van der Waals surface area contributed by atoms with Gasteiger partial charge in [-0.1, -0.05) is 0 Å². The van der Waals surface area contributed by atoms with Gasteiger partial charge in [0.2, 0.25) is 0 Å². The van der Waals surface area contributed by atoms with Gasteiger partial charge in [-0.15, -0.1) is 0 Å². The molecule has 1 aromatic heterocycles. The lowest BCUT2D eigenvalue weighted by Crippen LogP contribution is -1.95. The Bertz CT molecular complexity index is 283. The predicted octanol–water partition coefficient (Wildman–Crippen LogP) is 1.86. The fourth-order valence-electron chi connectivity index (χ4n) is 0.808. The lowest BCUT2D eigenvalue weighted by molar-refractivity contribution is -0.134. The summed E-state index contributed by atoms with van der Waals surface area (Å²) in [7, 11) is 1.35. The van der Waals surface area contributed by atoms with E-state index >= 15 is 0 Å². The molecule has 0 atom stereocenters. The predicted molar refractivity (Wildman–Crippen MR) is 44.4 cm³/mol. The quantitative estimate of drug-likeness (QED) is 0.497. The molecule has 0 saturated carbocycles. The largest absolute Gasteiger partial charge is 0.472 e. The van der Waals surface area contributed by atoms with Crippen LogP contribution in [0.2, 0.25) is 0 Å². The van der Waals surface area contributed by atoms with Gasteiger partial charge >= 0.3 is 5.97 Å². The third-order valence-electron chi connectivity index (χ3n) is 1.51. The smallest absolute Gasteiger partial charge is 0.330 e. The first-order valence-electron chi connectivity index (χ1n) is 3.53. The molecule has 1 heterocycles. The Balaban J connectivity index is 2.77. The maximum Gasteiger partial charge on any atom is 0.330 e. The van der Waals surface area contributed by atoms with Crippen molar-refractivity contribution in [2.45, 2.75) is 6.92 Å². The Kier molecular flexibility index (Phi) is 2.69. The molecule has 0 amide bonds. The van der Waals surface area contributed by atoms with Crippen molar-refractivity contribution in [2.24, 2.45) is 0 Å². The van der Waals surface area contributed by atoms with Gasteiger partial charge in [-0.2, -0.15) is 0 Å². The first kappa shape index (κ1) is 8.59. The highest BCUT2D eigenvalue weighted by Crippen LogP contribution is 2.13. The van der Waals surface area contributed by atoms with E-state index in [2.05, 4.69) is 4.74 Å². The Hall–Kier alpha value is -1.51. The van der Waals surface area contributed by atoms with Gasteiger partial charge in [0.25, 0.3) is 0 Å². The van der Waals surface area contributed by atoms with Crippen LogP contribution in [0.5, 0.6) is 0 Å². The molecule has 0 unspecified atom stereocenters. The summed E-state index contributed by atoms with van der Waals surface area (Å²) in [5.74, 6) is -0.353. The average molecular weight is 166 g/mol. The van der Waals surface area contributed by atoms with Gasteiger partial charge in [0.05, 0.1) is 19.6 Å². The Morgan fingerprint density at radius 1 is 1.67 bits per heavy atom. The lowest BCUT2D eigenvalue weighted by Gasteiger charge is -1.94. The van der Waals surface area contributed by atoms with Crippen molar-refractivity contribution in [3.8, 4) is 0 Å². The van der Waals surface area contributed by atoms with Crippen LogP contribution in [-0.2, 0) is 9.53 Å². The molecule has 0 N–H and O–H groups in total. The van der Waals surface area contributed by atoms with E-state index in [9.17, 15) is 4.79 Å². The molecule has 0 bridgehead atoms. The van der Waals surface area contributed by atoms with Crippen LogP contribution in [0.1, 0.15) is 12.5 Å². The van der Waals surface area contributed by atoms with Gasteiger partial charge in [-0.3, -0.25) is 0 Å². The van der Waals surface area contributed by atoms with Crippen molar-refractivity contribution in [3.05, 3.63) is 30.2 Å². The second kappa shape index (κ2) is 3.76. The number of furan rings is 1. The van der Waals surface area contributed by atoms with E-state index in [-0.39, 0.29) is 5.97 Å². The van der Waals surface area contributed by atoms with Crippen LogP contribution in [-0.4, -0.2) is 13.1 Å². The minimum atomic E-state index is -0.353. The zero-order valence-corrected chi connectivity index (χ0v) is 7.03. The Morgan fingerprint density at radius 3 is 2.92 bits per heavy atom. The molecule has 3 heteroatoms. The third-order valence-corrected chi connectivity index (χ3v) is 1.51. The number of allylic oxidation sites excluding steroid dienone is 1. The van der Waals surface area contributed by atoms with Crippen molar-refractivity contribution in [1.29, 1.82) is 0 Å². The van der Waals surface area contributed by atoms with E-state index in [4.69, 9.17) is 4.42 Å². The molecule has 0 saturated heterocycles. The molecular weight excluding hydrogens is 156 g/mol. The van der Waals surface area contributed by atoms with Crippen molar-refractivity contribution in [2.75, 3.05) is 7.11 Å². The molecule has 0 aliphatic rings. The van der Waals surface area contributed by atoms with Crippen LogP contribution in [0.3, 0.4) is 0 Å². The highest BCUT2D eigenvalue weighted by molar-refractivity contribution is 5.90. The SMILES string of the molecule is COC(=O)C=C(C)c1ccoc1. The number of hydrogen-bond donors (Lipinski definition) is 0. The van der Waals surface area contributed by atoms with Gasteiger partial charge < -0.3 is 9.15 Å². The molecule has 12 heavy (non-hydrogen) atoms. The monoisotopic (exact) mass is 166 g/mol. The van der Waals surface area contributed by atoms with E-state index in [1.54, 1.807) is 18.6 Å². The van der Waals surface area contributed by atoms with Gasteiger partial charge in [0.15, 0.2) is 0 Å². The molecule has 1 aromatic rings.